The SMILES string of the molecule is CC[C@H](C)C(=O)N=C1S[C@@H]2CS(=O)(=O)C[C@H]2N1Cc1ccc(F)cc1. The fourth-order valence-electron chi connectivity index (χ4n) is 2.99. The first-order chi connectivity index (χ1) is 11.8. The minimum absolute atomic E-state index is 0.0718. The molecule has 136 valence electrons. The molecule has 2 aliphatic heterocycles. The molecule has 3 atom stereocenters. The highest BCUT2D eigenvalue weighted by atomic mass is 32.2. The predicted octanol–water partition coefficient (Wildman–Crippen LogP) is 2.47. The highest BCUT2D eigenvalue weighted by Gasteiger charge is 2.48. The number of hydrogen-bond acceptors (Lipinski definition) is 4. The molecule has 0 N–H and O–H groups in total. The van der Waals surface area contributed by atoms with Crippen LogP contribution in [0.4, 0.5) is 4.39 Å². The van der Waals surface area contributed by atoms with E-state index in [-0.39, 0.29) is 40.4 Å². The maximum absolute atomic E-state index is 13.1. The van der Waals surface area contributed by atoms with Crippen LogP contribution in [0.15, 0.2) is 29.3 Å². The molecule has 0 aromatic heterocycles. The monoisotopic (exact) mass is 384 g/mol. The van der Waals surface area contributed by atoms with E-state index in [9.17, 15) is 17.6 Å². The van der Waals surface area contributed by atoms with Gasteiger partial charge in [0.25, 0.3) is 5.91 Å². The fourth-order valence-corrected chi connectivity index (χ4v) is 6.94. The fraction of sp³-hybridized carbons (Fsp3) is 0.529. The normalized spacial score (nSPS) is 27.5. The van der Waals surface area contributed by atoms with Crippen molar-refractivity contribution in [1.29, 1.82) is 0 Å². The number of benzene rings is 1. The summed E-state index contributed by atoms with van der Waals surface area (Å²) in [6, 6.07) is 5.91. The number of amidine groups is 1. The van der Waals surface area contributed by atoms with Gasteiger partial charge in [-0.25, -0.2) is 12.8 Å². The van der Waals surface area contributed by atoms with Crippen LogP contribution in [0.1, 0.15) is 25.8 Å². The molecule has 0 saturated carbocycles. The number of amides is 1. The number of carbonyl (C=O) groups excluding carboxylic acids is 1. The van der Waals surface area contributed by atoms with E-state index in [2.05, 4.69) is 4.99 Å². The molecule has 1 amide bonds. The van der Waals surface area contributed by atoms with Crippen molar-refractivity contribution in [3.05, 3.63) is 35.6 Å². The number of thioether (sulfide) groups is 1. The van der Waals surface area contributed by atoms with E-state index < -0.39 is 9.84 Å². The van der Waals surface area contributed by atoms with Crippen molar-refractivity contribution < 1.29 is 17.6 Å². The predicted molar refractivity (Wildman–Crippen MR) is 97.7 cm³/mol. The lowest BCUT2D eigenvalue weighted by atomic mass is 10.1. The standard InChI is InChI=1S/C17H21FN2O3S2/c1-3-11(2)16(21)19-17-20(8-12-4-6-13(18)7-5-12)14-9-25(22,23)10-15(14)24-17/h4-7,11,14-15H,3,8-10H2,1-2H3/t11-,14+,15+/m0/s1. The molecular weight excluding hydrogens is 363 g/mol. The summed E-state index contributed by atoms with van der Waals surface area (Å²) in [5, 5.41) is 0.480. The number of hydrogen-bond donors (Lipinski definition) is 0. The molecule has 1 aromatic carbocycles. The van der Waals surface area contributed by atoms with Crippen molar-refractivity contribution >= 4 is 32.7 Å². The number of sulfone groups is 1. The summed E-state index contributed by atoms with van der Waals surface area (Å²) in [6.45, 7) is 4.18. The van der Waals surface area contributed by atoms with Gasteiger partial charge in [0, 0.05) is 17.7 Å². The molecule has 0 spiro atoms. The van der Waals surface area contributed by atoms with Crippen molar-refractivity contribution in [3.63, 3.8) is 0 Å². The molecule has 8 heteroatoms. The zero-order chi connectivity index (χ0) is 18.2. The Kier molecular flexibility index (Phi) is 5.20. The van der Waals surface area contributed by atoms with Gasteiger partial charge in [0.1, 0.15) is 5.82 Å². The van der Waals surface area contributed by atoms with Gasteiger partial charge in [-0.05, 0) is 24.1 Å². The summed E-state index contributed by atoms with van der Waals surface area (Å²) in [5.74, 6) is -0.482. The summed E-state index contributed by atoms with van der Waals surface area (Å²) >= 11 is 1.37. The molecule has 1 aromatic rings. The summed E-state index contributed by atoms with van der Waals surface area (Å²) in [5.41, 5.74) is 0.857. The van der Waals surface area contributed by atoms with Gasteiger partial charge in [0.15, 0.2) is 15.0 Å². The van der Waals surface area contributed by atoms with Gasteiger partial charge < -0.3 is 4.90 Å². The van der Waals surface area contributed by atoms with E-state index in [1.54, 1.807) is 12.1 Å². The zero-order valence-corrected chi connectivity index (χ0v) is 15.8. The van der Waals surface area contributed by atoms with Gasteiger partial charge in [-0.2, -0.15) is 4.99 Å². The lowest BCUT2D eigenvalue weighted by molar-refractivity contribution is -0.121. The van der Waals surface area contributed by atoms with Crippen LogP contribution in [0, 0.1) is 11.7 Å². The molecule has 2 fully saturated rings. The number of nitrogens with zero attached hydrogens (tertiary/aromatic N) is 2. The summed E-state index contributed by atoms with van der Waals surface area (Å²) in [6.07, 6.45) is 0.708. The Morgan fingerprint density at radius 3 is 2.68 bits per heavy atom. The van der Waals surface area contributed by atoms with Gasteiger partial charge in [0.2, 0.25) is 0 Å². The van der Waals surface area contributed by atoms with E-state index in [0.717, 1.165) is 5.56 Å². The van der Waals surface area contributed by atoms with Crippen LogP contribution >= 0.6 is 11.8 Å². The molecule has 5 nitrogen and oxygen atoms in total. The molecule has 3 rings (SSSR count). The molecular formula is C17H21FN2O3S2. The van der Waals surface area contributed by atoms with Crippen molar-refractivity contribution in [2.75, 3.05) is 11.5 Å². The van der Waals surface area contributed by atoms with Crippen LogP contribution in [0.5, 0.6) is 0 Å². The number of carbonyl (C=O) groups is 1. The smallest absolute Gasteiger partial charge is 0.250 e. The second-order valence-corrected chi connectivity index (χ2v) is 9.96. The first-order valence-corrected chi connectivity index (χ1v) is 11.0. The molecule has 2 heterocycles. The van der Waals surface area contributed by atoms with Gasteiger partial charge in [-0.1, -0.05) is 37.7 Å². The second-order valence-electron chi connectivity index (χ2n) is 6.60. The molecule has 2 aliphatic rings. The Morgan fingerprint density at radius 2 is 2.04 bits per heavy atom. The Balaban J connectivity index is 1.88. The second kappa shape index (κ2) is 7.07. The van der Waals surface area contributed by atoms with Crippen LogP contribution in [0.25, 0.3) is 0 Å². The van der Waals surface area contributed by atoms with E-state index in [0.29, 0.717) is 18.1 Å². The average molecular weight is 384 g/mol. The van der Waals surface area contributed by atoms with Gasteiger partial charge in [-0.3, -0.25) is 4.79 Å². The van der Waals surface area contributed by atoms with Crippen molar-refractivity contribution in [1.82, 2.24) is 4.90 Å². The highest BCUT2D eigenvalue weighted by Crippen LogP contribution is 2.39. The van der Waals surface area contributed by atoms with Crippen molar-refractivity contribution in [2.45, 2.75) is 38.1 Å². The molecule has 0 radical (unpaired) electrons. The van der Waals surface area contributed by atoms with Crippen LogP contribution in [0.2, 0.25) is 0 Å². The molecule has 0 unspecified atom stereocenters. The largest absolute Gasteiger partial charge is 0.342 e. The minimum atomic E-state index is -3.07. The van der Waals surface area contributed by atoms with Crippen LogP contribution < -0.4 is 0 Å². The third-order valence-corrected chi connectivity index (χ3v) is 7.93. The first kappa shape index (κ1) is 18.4. The summed E-state index contributed by atoms with van der Waals surface area (Å²) in [4.78, 5) is 18.4. The van der Waals surface area contributed by atoms with Crippen molar-refractivity contribution in [2.24, 2.45) is 10.9 Å². The Labute approximate surface area is 151 Å². The molecule has 0 bridgehead atoms. The van der Waals surface area contributed by atoms with Gasteiger partial charge in [0.05, 0.1) is 17.5 Å². The zero-order valence-electron chi connectivity index (χ0n) is 14.2. The van der Waals surface area contributed by atoms with E-state index in [4.69, 9.17) is 0 Å². The molecule has 2 saturated heterocycles. The topological polar surface area (TPSA) is 66.8 Å². The van der Waals surface area contributed by atoms with Crippen LogP contribution in [-0.4, -0.2) is 47.2 Å². The van der Waals surface area contributed by atoms with E-state index in [1.165, 1.54) is 23.9 Å². The molecule has 25 heavy (non-hydrogen) atoms. The van der Waals surface area contributed by atoms with Gasteiger partial charge in [-0.15, -0.1) is 0 Å². The Bertz CT molecular complexity index is 793. The number of rotatable bonds is 4. The third-order valence-electron chi connectivity index (χ3n) is 4.68. The quantitative estimate of drug-likeness (QED) is 0.798. The lowest BCUT2D eigenvalue weighted by Crippen LogP contribution is -2.37. The minimum Gasteiger partial charge on any atom is -0.342 e. The average Bonchev–Trinajstić information content (AvgIpc) is 3.01. The number of aliphatic imine (C=N–C) groups is 1. The molecule has 0 aliphatic carbocycles. The third kappa shape index (κ3) is 4.06. The first-order valence-electron chi connectivity index (χ1n) is 8.29. The lowest BCUT2D eigenvalue weighted by Gasteiger charge is -2.24. The Hall–Kier alpha value is -1.41. The maximum atomic E-state index is 13.1. The van der Waals surface area contributed by atoms with Crippen LogP contribution in [0.3, 0.4) is 0 Å². The van der Waals surface area contributed by atoms with Crippen LogP contribution in [-0.2, 0) is 21.2 Å². The number of halogens is 1. The number of fused-ring (bicyclic) bond motifs is 1. The highest BCUT2D eigenvalue weighted by molar-refractivity contribution is 8.15. The van der Waals surface area contributed by atoms with E-state index in [1.807, 2.05) is 18.7 Å². The summed E-state index contributed by atoms with van der Waals surface area (Å²) in [7, 11) is -3.07. The maximum Gasteiger partial charge on any atom is 0.250 e. The Morgan fingerprint density at radius 1 is 1.36 bits per heavy atom. The van der Waals surface area contributed by atoms with Gasteiger partial charge >= 0.3 is 0 Å². The van der Waals surface area contributed by atoms with Crippen molar-refractivity contribution in [3.8, 4) is 0 Å². The summed E-state index contributed by atoms with van der Waals surface area (Å²) < 4.78 is 37.1. The van der Waals surface area contributed by atoms with E-state index >= 15 is 0 Å².